The molecule has 0 N–H and O–H groups in total. The molecule has 0 aliphatic rings. The van der Waals surface area contributed by atoms with E-state index in [1.807, 2.05) is 109 Å². The van der Waals surface area contributed by atoms with Crippen molar-refractivity contribution in [3.05, 3.63) is 138 Å². The van der Waals surface area contributed by atoms with E-state index in [1.54, 1.807) is 11.8 Å². The first-order valence-electron chi connectivity index (χ1n) is 9.26. The molecule has 4 aromatic carbocycles. The molecule has 0 saturated heterocycles. The Kier molecular flexibility index (Phi) is 5.41. The number of Topliss-reactive ketones (excluding diaryl/α,β-unsaturated/α-hetero) is 1. The molecule has 0 heterocycles. The van der Waals surface area contributed by atoms with E-state index < -0.39 is 4.75 Å². The van der Waals surface area contributed by atoms with Crippen molar-refractivity contribution >= 4 is 17.5 Å². The highest BCUT2D eigenvalue weighted by Crippen LogP contribution is 2.48. The van der Waals surface area contributed by atoms with Gasteiger partial charge in [-0.1, -0.05) is 109 Å². The standard InChI is InChI=1S/C26H20OS/c27-25(21-13-5-1-6-14-21)26(22-15-7-2-8-16-22,23-17-9-3-10-18-23)28-24-19-11-4-12-20-24/h1-20H. The Morgan fingerprint density at radius 1 is 0.536 bits per heavy atom. The number of benzene rings is 4. The van der Waals surface area contributed by atoms with Crippen molar-refractivity contribution in [2.45, 2.75) is 9.64 Å². The zero-order chi connectivity index (χ0) is 19.2. The Labute approximate surface area is 170 Å². The second-order valence-electron chi connectivity index (χ2n) is 6.52. The SMILES string of the molecule is O=C(c1ccccc1)C(Sc1ccccc1)(c1ccccc1)c1ccccc1. The fraction of sp³-hybridized carbons (Fsp3) is 0.0385. The molecule has 0 unspecified atom stereocenters. The van der Waals surface area contributed by atoms with E-state index in [-0.39, 0.29) is 5.78 Å². The largest absolute Gasteiger partial charge is 0.292 e. The summed E-state index contributed by atoms with van der Waals surface area (Å²) in [5.41, 5.74) is 2.66. The molecule has 1 nitrogen and oxygen atoms in total. The fourth-order valence-electron chi connectivity index (χ4n) is 3.40. The van der Waals surface area contributed by atoms with Gasteiger partial charge in [-0.2, -0.15) is 0 Å². The summed E-state index contributed by atoms with van der Waals surface area (Å²) in [6, 6.07) is 39.8. The highest BCUT2D eigenvalue weighted by atomic mass is 32.2. The molecule has 0 aromatic heterocycles. The minimum Gasteiger partial charge on any atom is -0.292 e. The van der Waals surface area contributed by atoms with Crippen LogP contribution in [0.5, 0.6) is 0 Å². The molecule has 0 aliphatic carbocycles. The maximum absolute atomic E-state index is 14.1. The van der Waals surface area contributed by atoms with Crippen molar-refractivity contribution in [1.29, 1.82) is 0 Å². The highest BCUT2D eigenvalue weighted by molar-refractivity contribution is 8.01. The molecule has 136 valence electrons. The first-order chi connectivity index (χ1) is 13.8. The van der Waals surface area contributed by atoms with Crippen LogP contribution in [0.3, 0.4) is 0 Å². The van der Waals surface area contributed by atoms with Gasteiger partial charge in [0, 0.05) is 10.5 Å². The van der Waals surface area contributed by atoms with Crippen LogP contribution in [0.15, 0.2) is 126 Å². The van der Waals surface area contributed by atoms with E-state index in [9.17, 15) is 4.79 Å². The summed E-state index contributed by atoms with van der Waals surface area (Å²) >= 11 is 1.60. The minimum absolute atomic E-state index is 0.0827. The summed E-state index contributed by atoms with van der Waals surface area (Å²) < 4.78 is -0.870. The van der Waals surface area contributed by atoms with Gasteiger partial charge in [0.2, 0.25) is 0 Å². The topological polar surface area (TPSA) is 17.1 Å². The predicted molar refractivity (Wildman–Crippen MR) is 117 cm³/mol. The molecule has 0 spiro atoms. The number of hydrogen-bond donors (Lipinski definition) is 0. The van der Waals surface area contributed by atoms with Crippen LogP contribution < -0.4 is 0 Å². The number of rotatable bonds is 6. The number of carbonyl (C=O) groups is 1. The number of ketones is 1. The normalized spacial score (nSPS) is 11.1. The average Bonchev–Trinajstić information content (AvgIpc) is 2.79. The Morgan fingerprint density at radius 2 is 0.929 bits per heavy atom. The van der Waals surface area contributed by atoms with Crippen molar-refractivity contribution in [3.63, 3.8) is 0 Å². The Balaban J connectivity index is 1.98. The van der Waals surface area contributed by atoms with E-state index in [0.717, 1.165) is 16.0 Å². The smallest absolute Gasteiger partial charge is 0.188 e. The lowest BCUT2D eigenvalue weighted by molar-refractivity contribution is 0.0959. The van der Waals surface area contributed by atoms with Gasteiger partial charge in [0.1, 0.15) is 4.75 Å². The van der Waals surface area contributed by atoms with E-state index in [2.05, 4.69) is 12.1 Å². The van der Waals surface area contributed by atoms with Gasteiger partial charge < -0.3 is 0 Å². The Hall–Kier alpha value is -3.10. The molecular formula is C26H20OS. The quantitative estimate of drug-likeness (QED) is 0.277. The minimum atomic E-state index is -0.870. The van der Waals surface area contributed by atoms with Crippen molar-refractivity contribution < 1.29 is 4.79 Å². The molecule has 0 saturated carbocycles. The molecule has 4 aromatic rings. The molecule has 0 radical (unpaired) electrons. The third-order valence-electron chi connectivity index (χ3n) is 4.73. The van der Waals surface area contributed by atoms with E-state index in [1.165, 1.54) is 0 Å². The van der Waals surface area contributed by atoms with Crippen molar-refractivity contribution in [2.24, 2.45) is 0 Å². The molecule has 0 fully saturated rings. The molecule has 0 bridgehead atoms. The second kappa shape index (κ2) is 8.28. The maximum atomic E-state index is 14.1. The molecule has 0 atom stereocenters. The Bertz CT molecular complexity index is 989. The molecular weight excluding hydrogens is 360 g/mol. The molecule has 28 heavy (non-hydrogen) atoms. The van der Waals surface area contributed by atoms with Gasteiger partial charge in [-0.3, -0.25) is 4.79 Å². The number of hydrogen-bond acceptors (Lipinski definition) is 2. The summed E-state index contributed by atoms with van der Waals surface area (Å²) in [6.45, 7) is 0. The van der Waals surface area contributed by atoms with Gasteiger partial charge in [-0.15, -0.1) is 11.8 Å². The maximum Gasteiger partial charge on any atom is 0.188 e. The summed E-state index contributed by atoms with van der Waals surface area (Å²) in [5.74, 6) is 0.0827. The van der Waals surface area contributed by atoms with Gasteiger partial charge in [0.05, 0.1) is 0 Å². The summed E-state index contributed by atoms with van der Waals surface area (Å²) in [5, 5.41) is 0. The first kappa shape index (κ1) is 18.3. The zero-order valence-corrected chi connectivity index (χ0v) is 16.2. The van der Waals surface area contributed by atoms with E-state index in [0.29, 0.717) is 5.56 Å². The van der Waals surface area contributed by atoms with Crippen molar-refractivity contribution in [3.8, 4) is 0 Å². The molecule has 0 amide bonds. The number of thioether (sulfide) groups is 1. The molecule has 2 heteroatoms. The molecule has 0 aliphatic heterocycles. The summed E-state index contributed by atoms with van der Waals surface area (Å²) in [4.78, 5) is 15.1. The van der Waals surface area contributed by atoms with Crippen LogP contribution in [0, 0.1) is 0 Å². The average molecular weight is 381 g/mol. The van der Waals surface area contributed by atoms with Crippen LogP contribution in [0.25, 0.3) is 0 Å². The van der Waals surface area contributed by atoms with Crippen molar-refractivity contribution in [2.75, 3.05) is 0 Å². The van der Waals surface area contributed by atoms with Gasteiger partial charge in [-0.25, -0.2) is 0 Å². The lowest BCUT2D eigenvalue weighted by Gasteiger charge is -2.33. The second-order valence-corrected chi connectivity index (χ2v) is 7.81. The number of carbonyl (C=O) groups excluding carboxylic acids is 1. The monoisotopic (exact) mass is 380 g/mol. The van der Waals surface area contributed by atoms with Crippen molar-refractivity contribution in [1.82, 2.24) is 0 Å². The van der Waals surface area contributed by atoms with Crippen LogP contribution in [0.1, 0.15) is 21.5 Å². The highest BCUT2D eigenvalue weighted by Gasteiger charge is 2.43. The third kappa shape index (κ3) is 3.51. The van der Waals surface area contributed by atoms with Crippen LogP contribution in [0.4, 0.5) is 0 Å². The Morgan fingerprint density at radius 3 is 1.39 bits per heavy atom. The van der Waals surface area contributed by atoms with Crippen LogP contribution in [-0.2, 0) is 4.75 Å². The fourth-order valence-corrected chi connectivity index (χ4v) is 4.76. The van der Waals surface area contributed by atoms with Gasteiger partial charge in [0.25, 0.3) is 0 Å². The van der Waals surface area contributed by atoms with Crippen LogP contribution >= 0.6 is 11.8 Å². The lowest BCUT2D eigenvalue weighted by Crippen LogP contribution is -2.34. The predicted octanol–water partition coefficient (Wildman–Crippen LogP) is 6.61. The van der Waals surface area contributed by atoms with E-state index >= 15 is 0 Å². The summed E-state index contributed by atoms with van der Waals surface area (Å²) in [7, 11) is 0. The lowest BCUT2D eigenvalue weighted by atomic mass is 9.83. The zero-order valence-electron chi connectivity index (χ0n) is 15.4. The van der Waals surface area contributed by atoms with Gasteiger partial charge >= 0.3 is 0 Å². The summed E-state index contributed by atoms with van der Waals surface area (Å²) in [6.07, 6.45) is 0. The first-order valence-corrected chi connectivity index (χ1v) is 10.1. The van der Waals surface area contributed by atoms with Crippen LogP contribution in [-0.4, -0.2) is 5.78 Å². The molecule has 4 rings (SSSR count). The van der Waals surface area contributed by atoms with Crippen LogP contribution in [0.2, 0.25) is 0 Å². The third-order valence-corrected chi connectivity index (χ3v) is 6.20. The van der Waals surface area contributed by atoms with E-state index in [4.69, 9.17) is 0 Å². The van der Waals surface area contributed by atoms with Gasteiger partial charge in [0.15, 0.2) is 5.78 Å². The van der Waals surface area contributed by atoms with Gasteiger partial charge in [-0.05, 0) is 23.3 Å².